The van der Waals surface area contributed by atoms with Crippen LogP contribution in [0.2, 0.25) is 10.3 Å². The smallest absolute Gasteiger partial charge is 0.224 e. The lowest BCUT2D eigenvalue weighted by Gasteiger charge is -2.36. The molecule has 5 heteroatoms. The van der Waals surface area contributed by atoms with Crippen molar-refractivity contribution in [1.82, 2.24) is 9.97 Å². The lowest BCUT2D eigenvalue weighted by atomic mass is 9.97. The third kappa shape index (κ3) is 2.28. The van der Waals surface area contributed by atoms with Crippen molar-refractivity contribution < 1.29 is 0 Å². The van der Waals surface area contributed by atoms with Crippen LogP contribution in [0.4, 0.5) is 11.5 Å². The molecule has 0 radical (unpaired) electrons. The number of anilines is 2. The fourth-order valence-corrected chi connectivity index (χ4v) is 2.83. The van der Waals surface area contributed by atoms with E-state index in [9.17, 15) is 0 Å². The molecule has 2 aromatic rings. The van der Waals surface area contributed by atoms with Crippen LogP contribution in [0.3, 0.4) is 0 Å². The normalized spacial score (nSPS) is 18.3. The topological polar surface area (TPSA) is 29.0 Å². The number of para-hydroxylation sites is 1. The Morgan fingerprint density at radius 1 is 1.26 bits per heavy atom. The molecule has 0 N–H and O–H groups in total. The lowest BCUT2D eigenvalue weighted by Crippen LogP contribution is -2.34. The molecule has 3 rings (SSSR count). The van der Waals surface area contributed by atoms with Crippen LogP contribution in [-0.2, 0) is 6.42 Å². The monoisotopic (exact) mass is 293 g/mol. The van der Waals surface area contributed by atoms with E-state index in [0.29, 0.717) is 16.9 Å². The number of benzene rings is 1. The predicted molar refractivity (Wildman–Crippen MR) is 78.4 cm³/mol. The van der Waals surface area contributed by atoms with E-state index < -0.39 is 0 Å². The third-order valence-corrected chi connectivity index (χ3v) is 3.90. The number of aryl methyl sites for hydroxylation is 1. The van der Waals surface area contributed by atoms with Crippen LogP contribution in [0, 0.1) is 0 Å². The first-order valence-electron chi connectivity index (χ1n) is 6.22. The van der Waals surface area contributed by atoms with Crippen molar-refractivity contribution in [2.45, 2.75) is 25.8 Å². The fourth-order valence-electron chi connectivity index (χ4n) is 2.52. The SMILES string of the molecule is CC1CCc2ccccc2N1c1nc(Cl)ncc1Cl. The first-order chi connectivity index (χ1) is 9.16. The summed E-state index contributed by atoms with van der Waals surface area (Å²) in [5.41, 5.74) is 2.46. The Labute approximate surface area is 122 Å². The second-order valence-electron chi connectivity index (χ2n) is 4.70. The quantitative estimate of drug-likeness (QED) is 0.736. The van der Waals surface area contributed by atoms with E-state index in [0.717, 1.165) is 18.5 Å². The van der Waals surface area contributed by atoms with Crippen molar-refractivity contribution in [2.75, 3.05) is 4.90 Å². The van der Waals surface area contributed by atoms with Crippen LogP contribution >= 0.6 is 23.2 Å². The number of nitrogens with zero attached hydrogens (tertiary/aromatic N) is 3. The number of halogens is 2. The Morgan fingerprint density at radius 2 is 2.05 bits per heavy atom. The second-order valence-corrected chi connectivity index (χ2v) is 5.44. The van der Waals surface area contributed by atoms with Gasteiger partial charge in [0.2, 0.25) is 5.28 Å². The van der Waals surface area contributed by atoms with E-state index in [1.165, 1.54) is 5.56 Å². The maximum absolute atomic E-state index is 6.24. The van der Waals surface area contributed by atoms with Gasteiger partial charge in [0.1, 0.15) is 5.02 Å². The molecule has 19 heavy (non-hydrogen) atoms. The molecular weight excluding hydrogens is 281 g/mol. The summed E-state index contributed by atoms with van der Waals surface area (Å²) < 4.78 is 0. The molecule has 0 spiro atoms. The van der Waals surface area contributed by atoms with E-state index >= 15 is 0 Å². The van der Waals surface area contributed by atoms with E-state index in [1.807, 2.05) is 6.07 Å². The Balaban J connectivity index is 2.16. The third-order valence-electron chi connectivity index (χ3n) is 3.45. The summed E-state index contributed by atoms with van der Waals surface area (Å²) in [6, 6.07) is 8.66. The predicted octanol–water partition coefficient (Wildman–Crippen LogP) is 4.26. The van der Waals surface area contributed by atoms with Gasteiger partial charge in [-0.2, -0.15) is 4.98 Å². The molecule has 0 saturated carbocycles. The molecular formula is C14H13Cl2N3. The Hall–Kier alpha value is -1.32. The molecule has 98 valence electrons. The number of rotatable bonds is 1. The Kier molecular flexibility index (Phi) is 3.33. The van der Waals surface area contributed by atoms with Crippen LogP contribution in [-0.4, -0.2) is 16.0 Å². The summed E-state index contributed by atoms with van der Waals surface area (Å²) in [5, 5.41) is 0.739. The fraction of sp³-hybridized carbons (Fsp3) is 0.286. The molecule has 0 aliphatic carbocycles. The van der Waals surface area contributed by atoms with Gasteiger partial charge >= 0.3 is 0 Å². The number of hydrogen-bond donors (Lipinski definition) is 0. The van der Waals surface area contributed by atoms with Gasteiger partial charge in [0.05, 0.1) is 6.20 Å². The zero-order valence-electron chi connectivity index (χ0n) is 10.5. The second kappa shape index (κ2) is 4.99. The molecule has 0 saturated heterocycles. The first-order valence-corrected chi connectivity index (χ1v) is 6.97. The van der Waals surface area contributed by atoms with Gasteiger partial charge < -0.3 is 4.90 Å². The van der Waals surface area contributed by atoms with Gasteiger partial charge in [0.15, 0.2) is 5.82 Å². The highest BCUT2D eigenvalue weighted by atomic mass is 35.5. The van der Waals surface area contributed by atoms with Crippen molar-refractivity contribution >= 4 is 34.7 Å². The zero-order valence-corrected chi connectivity index (χ0v) is 12.0. The highest BCUT2D eigenvalue weighted by Gasteiger charge is 2.26. The van der Waals surface area contributed by atoms with Gasteiger partial charge in [0.25, 0.3) is 0 Å². The molecule has 0 bridgehead atoms. The minimum absolute atomic E-state index is 0.217. The summed E-state index contributed by atoms with van der Waals surface area (Å²) in [4.78, 5) is 10.4. The van der Waals surface area contributed by atoms with Crippen molar-refractivity contribution in [3.63, 3.8) is 0 Å². The minimum Gasteiger partial charge on any atom is -0.322 e. The summed E-state index contributed by atoms with van der Waals surface area (Å²) in [7, 11) is 0. The van der Waals surface area contributed by atoms with E-state index in [4.69, 9.17) is 23.2 Å². The highest BCUT2D eigenvalue weighted by molar-refractivity contribution is 6.33. The molecule has 1 aliphatic rings. The van der Waals surface area contributed by atoms with Crippen LogP contribution < -0.4 is 4.90 Å². The first kappa shape index (κ1) is 12.7. The van der Waals surface area contributed by atoms with Crippen molar-refractivity contribution in [3.05, 3.63) is 46.3 Å². The number of fused-ring (bicyclic) bond motifs is 1. The van der Waals surface area contributed by atoms with Crippen LogP contribution in [0.5, 0.6) is 0 Å². The molecule has 1 aromatic carbocycles. The van der Waals surface area contributed by atoms with Crippen molar-refractivity contribution in [3.8, 4) is 0 Å². The maximum atomic E-state index is 6.24. The lowest BCUT2D eigenvalue weighted by molar-refractivity contribution is 0.613. The van der Waals surface area contributed by atoms with Gasteiger partial charge in [-0.05, 0) is 43.0 Å². The van der Waals surface area contributed by atoms with Crippen molar-refractivity contribution in [1.29, 1.82) is 0 Å². The molecule has 2 heterocycles. The molecule has 1 aliphatic heterocycles. The Morgan fingerprint density at radius 3 is 2.89 bits per heavy atom. The molecule has 1 aromatic heterocycles. The molecule has 1 unspecified atom stereocenters. The average Bonchev–Trinajstić information content (AvgIpc) is 2.42. The minimum atomic E-state index is 0.217. The van der Waals surface area contributed by atoms with Gasteiger partial charge in [-0.3, -0.25) is 0 Å². The summed E-state index contributed by atoms with van der Waals surface area (Å²) in [5.74, 6) is 0.682. The summed E-state index contributed by atoms with van der Waals surface area (Å²) >= 11 is 12.1. The van der Waals surface area contributed by atoms with Crippen LogP contribution in [0.25, 0.3) is 0 Å². The van der Waals surface area contributed by atoms with Gasteiger partial charge in [-0.1, -0.05) is 29.8 Å². The Bertz CT molecular complexity index is 615. The van der Waals surface area contributed by atoms with Gasteiger partial charge in [-0.25, -0.2) is 4.98 Å². The average molecular weight is 294 g/mol. The van der Waals surface area contributed by atoms with Gasteiger partial charge in [-0.15, -0.1) is 0 Å². The largest absolute Gasteiger partial charge is 0.322 e. The zero-order chi connectivity index (χ0) is 13.4. The summed E-state index contributed by atoms with van der Waals surface area (Å²) in [6.45, 7) is 2.17. The van der Waals surface area contributed by atoms with Crippen molar-refractivity contribution in [2.24, 2.45) is 0 Å². The van der Waals surface area contributed by atoms with E-state index in [-0.39, 0.29) is 5.28 Å². The van der Waals surface area contributed by atoms with E-state index in [2.05, 4.69) is 40.0 Å². The summed E-state index contributed by atoms with van der Waals surface area (Å²) in [6.07, 6.45) is 3.69. The number of hydrogen-bond acceptors (Lipinski definition) is 3. The van der Waals surface area contributed by atoms with Crippen LogP contribution in [0.15, 0.2) is 30.5 Å². The molecule has 1 atom stereocenters. The van der Waals surface area contributed by atoms with Crippen LogP contribution in [0.1, 0.15) is 18.9 Å². The highest BCUT2D eigenvalue weighted by Crippen LogP contribution is 2.38. The van der Waals surface area contributed by atoms with E-state index in [1.54, 1.807) is 6.20 Å². The standard InChI is InChI=1S/C14H13Cl2N3/c1-9-6-7-10-4-2-3-5-12(10)19(9)13-11(15)8-17-14(16)18-13/h2-5,8-9H,6-7H2,1H3. The molecule has 0 amide bonds. The molecule has 0 fully saturated rings. The molecule has 3 nitrogen and oxygen atoms in total. The van der Waals surface area contributed by atoms with Gasteiger partial charge in [0, 0.05) is 11.7 Å². The maximum Gasteiger partial charge on any atom is 0.224 e. The number of aromatic nitrogens is 2.